The minimum atomic E-state index is -4.58. The van der Waals surface area contributed by atoms with E-state index in [-0.39, 0.29) is 16.1 Å². The lowest BCUT2D eigenvalue weighted by Gasteiger charge is -2.36. The van der Waals surface area contributed by atoms with Crippen LogP contribution in [0.15, 0.2) is 47.4 Å². The number of amides is 1. The molecule has 2 aromatic carbocycles. The van der Waals surface area contributed by atoms with E-state index in [9.17, 15) is 26.4 Å². The van der Waals surface area contributed by atoms with E-state index in [0.29, 0.717) is 31.9 Å². The van der Waals surface area contributed by atoms with Crippen LogP contribution in [0.4, 0.5) is 24.5 Å². The lowest BCUT2D eigenvalue weighted by Crippen LogP contribution is -2.46. The molecule has 0 saturated carbocycles. The largest absolute Gasteiger partial charge is 0.416 e. The fourth-order valence-corrected chi connectivity index (χ4v) is 6.19. The number of hydrogen-bond donors (Lipinski definition) is 1. The highest BCUT2D eigenvalue weighted by molar-refractivity contribution is 7.89. The van der Waals surface area contributed by atoms with Gasteiger partial charge in [-0.3, -0.25) is 4.79 Å². The molecule has 1 amide bonds. The number of likely N-dealkylation sites (N-methyl/N-ethyl adjacent to an activating group) is 1. The molecule has 0 aliphatic carbocycles. The van der Waals surface area contributed by atoms with Gasteiger partial charge in [-0.25, -0.2) is 8.42 Å². The molecule has 2 fully saturated rings. The molecule has 196 valence electrons. The summed E-state index contributed by atoms with van der Waals surface area (Å²) in [7, 11) is -3.76. The molecule has 0 radical (unpaired) electrons. The summed E-state index contributed by atoms with van der Waals surface area (Å²) in [6.45, 7) is 6.86. The summed E-state index contributed by atoms with van der Waals surface area (Å²) in [6, 6.07) is 8.84. The first-order chi connectivity index (χ1) is 17.1. The van der Waals surface area contributed by atoms with Crippen LogP contribution in [0, 0.1) is 0 Å². The number of piperazine rings is 1. The molecule has 36 heavy (non-hydrogen) atoms. The lowest BCUT2D eigenvalue weighted by atomic mass is 10.1. The van der Waals surface area contributed by atoms with Crippen LogP contribution in [0.3, 0.4) is 0 Å². The first kappa shape index (κ1) is 26.4. The molecular weight excluding hydrogens is 493 g/mol. The molecule has 4 rings (SSSR count). The predicted octanol–water partition coefficient (Wildman–Crippen LogP) is 4.27. The molecule has 2 aliphatic heterocycles. The zero-order valence-corrected chi connectivity index (χ0v) is 21.0. The molecule has 2 aromatic rings. The average molecular weight is 525 g/mol. The quantitative estimate of drug-likeness (QED) is 0.611. The maximum Gasteiger partial charge on any atom is 0.416 e. The Labute approximate surface area is 209 Å². The van der Waals surface area contributed by atoms with Gasteiger partial charge in [-0.15, -0.1) is 0 Å². The topological polar surface area (TPSA) is 73.0 Å². The van der Waals surface area contributed by atoms with E-state index < -0.39 is 27.7 Å². The SMILES string of the molecule is CCN1CCN(c2ccc(S(=O)(=O)N3CCCCC3)cc2NC(=O)c2cccc(C(F)(F)F)c2)CC1. The van der Waals surface area contributed by atoms with Crippen LogP contribution in [0.5, 0.6) is 0 Å². The van der Waals surface area contributed by atoms with E-state index in [1.165, 1.54) is 22.5 Å². The normalized spacial score (nSPS) is 18.3. The number of halogens is 3. The van der Waals surface area contributed by atoms with Gasteiger partial charge in [0.05, 0.1) is 21.8 Å². The zero-order chi connectivity index (χ0) is 25.9. The van der Waals surface area contributed by atoms with E-state index in [1.807, 2.05) is 0 Å². The highest BCUT2D eigenvalue weighted by atomic mass is 32.2. The van der Waals surface area contributed by atoms with Crippen molar-refractivity contribution < 1.29 is 26.4 Å². The molecule has 7 nitrogen and oxygen atoms in total. The molecule has 2 aliphatic rings. The maximum atomic E-state index is 13.3. The fourth-order valence-electron chi connectivity index (χ4n) is 4.64. The third kappa shape index (κ3) is 5.84. The van der Waals surface area contributed by atoms with Crippen molar-refractivity contribution in [1.29, 1.82) is 0 Å². The van der Waals surface area contributed by atoms with Gasteiger partial charge in [-0.05, 0) is 55.8 Å². The molecule has 0 bridgehead atoms. The van der Waals surface area contributed by atoms with Crippen LogP contribution in [-0.4, -0.2) is 69.3 Å². The van der Waals surface area contributed by atoms with Gasteiger partial charge in [-0.1, -0.05) is 19.4 Å². The van der Waals surface area contributed by atoms with E-state index in [0.717, 1.165) is 51.0 Å². The second kappa shape index (κ2) is 10.8. The summed E-state index contributed by atoms with van der Waals surface area (Å²) >= 11 is 0. The third-order valence-electron chi connectivity index (χ3n) is 6.78. The Hall–Kier alpha value is -2.63. The Bertz CT molecular complexity index is 1190. The van der Waals surface area contributed by atoms with Crippen LogP contribution < -0.4 is 10.2 Å². The monoisotopic (exact) mass is 524 g/mol. The van der Waals surface area contributed by atoms with Gasteiger partial charge in [0.25, 0.3) is 5.91 Å². The van der Waals surface area contributed by atoms with Crippen molar-refractivity contribution >= 4 is 27.3 Å². The number of nitrogens with one attached hydrogen (secondary N) is 1. The molecule has 2 heterocycles. The minimum Gasteiger partial charge on any atom is -0.367 e. The van der Waals surface area contributed by atoms with Crippen molar-refractivity contribution in [2.75, 3.05) is 56.0 Å². The second-order valence-corrected chi connectivity index (χ2v) is 11.0. The number of sulfonamides is 1. The average Bonchev–Trinajstić information content (AvgIpc) is 2.89. The maximum absolute atomic E-state index is 13.3. The minimum absolute atomic E-state index is 0.0553. The number of anilines is 2. The summed E-state index contributed by atoms with van der Waals surface area (Å²) < 4.78 is 67.5. The number of piperidine rings is 1. The molecule has 11 heteroatoms. The molecular formula is C25H31F3N4O3S. The van der Waals surface area contributed by atoms with Gasteiger partial charge in [0, 0.05) is 44.8 Å². The lowest BCUT2D eigenvalue weighted by molar-refractivity contribution is -0.137. The van der Waals surface area contributed by atoms with Crippen LogP contribution in [0.2, 0.25) is 0 Å². The molecule has 0 unspecified atom stereocenters. The number of benzene rings is 2. The van der Waals surface area contributed by atoms with Gasteiger partial charge >= 0.3 is 6.18 Å². The zero-order valence-electron chi connectivity index (χ0n) is 20.2. The Kier molecular flexibility index (Phi) is 7.91. The Balaban J connectivity index is 1.67. The van der Waals surface area contributed by atoms with Crippen molar-refractivity contribution in [2.45, 2.75) is 37.3 Å². The number of rotatable bonds is 6. The highest BCUT2D eigenvalue weighted by Crippen LogP contribution is 2.33. The van der Waals surface area contributed by atoms with Gasteiger partial charge in [0.2, 0.25) is 10.0 Å². The summed E-state index contributed by atoms with van der Waals surface area (Å²) in [5.74, 6) is -0.734. The van der Waals surface area contributed by atoms with Gasteiger partial charge < -0.3 is 15.1 Å². The second-order valence-electron chi connectivity index (χ2n) is 9.10. The molecule has 1 N–H and O–H groups in total. The number of hydrogen-bond acceptors (Lipinski definition) is 5. The number of carbonyl (C=O) groups is 1. The van der Waals surface area contributed by atoms with E-state index in [4.69, 9.17) is 0 Å². The predicted molar refractivity (Wildman–Crippen MR) is 133 cm³/mol. The number of carbonyl (C=O) groups excluding carboxylic acids is 1. The molecule has 2 saturated heterocycles. The Morgan fingerprint density at radius 2 is 1.64 bits per heavy atom. The molecule has 0 spiro atoms. The fraction of sp³-hybridized carbons (Fsp3) is 0.480. The van der Waals surface area contributed by atoms with Crippen LogP contribution >= 0.6 is 0 Å². The Morgan fingerprint density at radius 3 is 2.28 bits per heavy atom. The summed E-state index contributed by atoms with van der Waals surface area (Å²) in [6.07, 6.45) is -2.02. The smallest absolute Gasteiger partial charge is 0.367 e. The van der Waals surface area contributed by atoms with Gasteiger partial charge in [-0.2, -0.15) is 17.5 Å². The van der Waals surface area contributed by atoms with Gasteiger partial charge in [0.1, 0.15) is 0 Å². The first-order valence-corrected chi connectivity index (χ1v) is 13.6. The highest BCUT2D eigenvalue weighted by Gasteiger charge is 2.31. The van der Waals surface area contributed by atoms with E-state index in [1.54, 1.807) is 12.1 Å². The van der Waals surface area contributed by atoms with Crippen molar-refractivity contribution in [3.8, 4) is 0 Å². The number of nitrogens with zero attached hydrogens (tertiary/aromatic N) is 3. The van der Waals surface area contributed by atoms with Crippen molar-refractivity contribution in [1.82, 2.24) is 9.21 Å². The van der Waals surface area contributed by atoms with E-state index in [2.05, 4.69) is 22.0 Å². The van der Waals surface area contributed by atoms with Crippen LogP contribution in [0.1, 0.15) is 42.1 Å². The number of alkyl halides is 3. The van der Waals surface area contributed by atoms with Gasteiger partial charge in [0.15, 0.2) is 0 Å². The molecule has 0 aromatic heterocycles. The molecule has 0 atom stereocenters. The standard InChI is InChI=1S/C25H31F3N4O3S/c1-2-30-13-15-31(16-14-30)23-10-9-21(36(34,35)32-11-4-3-5-12-32)18-22(23)29-24(33)19-7-6-8-20(17-19)25(26,27)28/h6-10,17-18H,2-5,11-16H2,1H3,(H,29,33). The Morgan fingerprint density at radius 1 is 0.944 bits per heavy atom. The summed E-state index contributed by atoms with van der Waals surface area (Å²) in [4.78, 5) is 17.4. The third-order valence-corrected chi connectivity index (χ3v) is 8.68. The first-order valence-electron chi connectivity index (χ1n) is 12.2. The van der Waals surface area contributed by atoms with Crippen LogP contribution in [0.25, 0.3) is 0 Å². The van der Waals surface area contributed by atoms with Crippen LogP contribution in [-0.2, 0) is 16.2 Å². The summed E-state index contributed by atoms with van der Waals surface area (Å²) in [5, 5.41) is 2.70. The van der Waals surface area contributed by atoms with Crippen molar-refractivity contribution in [2.24, 2.45) is 0 Å². The van der Waals surface area contributed by atoms with Crippen molar-refractivity contribution in [3.05, 3.63) is 53.6 Å². The van der Waals surface area contributed by atoms with Crippen molar-refractivity contribution in [3.63, 3.8) is 0 Å². The van der Waals surface area contributed by atoms with E-state index >= 15 is 0 Å². The summed E-state index contributed by atoms with van der Waals surface area (Å²) in [5.41, 5.74) is -0.174.